The summed E-state index contributed by atoms with van der Waals surface area (Å²) >= 11 is 0. The number of ketones is 1. The molecule has 0 aliphatic carbocycles. The van der Waals surface area contributed by atoms with Crippen molar-refractivity contribution in [3.05, 3.63) is 64.7 Å². The predicted octanol–water partition coefficient (Wildman–Crippen LogP) is 3.17. The smallest absolute Gasteiger partial charge is 0.175 e. The summed E-state index contributed by atoms with van der Waals surface area (Å²) < 4.78 is 12.4. The molecule has 0 saturated carbocycles. The maximum atomic E-state index is 12.4. The van der Waals surface area contributed by atoms with Gasteiger partial charge in [0.05, 0.1) is 28.2 Å². The Balaban J connectivity index is 2.17. The van der Waals surface area contributed by atoms with Crippen molar-refractivity contribution < 1.29 is 9.00 Å². The van der Waals surface area contributed by atoms with Crippen molar-refractivity contribution in [1.82, 2.24) is 0 Å². The van der Waals surface area contributed by atoms with Crippen LogP contribution in [0.5, 0.6) is 0 Å². The Morgan fingerprint density at radius 3 is 2.43 bits per heavy atom. The first-order chi connectivity index (χ1) is 10.0. The predicted molar refractivity (Wildman–Crippen MR) is 82.7 cm³/mol. The number of carbonyl (C=O) groups excluding carboxylic acids is 1. The number of hydrogen-bond acceptors (Lipinski definition) is 3. The van der Waals surface area contributed by atoms with Gasteiger partial charge in [-0.3, -0.25) is 9.00 Å². The number of Topliss-reactive ketones (excluding diaryl/α,β-unsaturated/α-hetero) is 1. The molecule has 2 rings (SSSR count). The van der Waals surface area contributed by atoms with E-state index in [0.29, 0.717) is 16.0 Å². The Labute approximate surface area is 126 Å². The van der Waals surface area contributed by atoms with E-state index >= 15 is 0 Å². The molecule has 2 aromatic rings. The molecule has 106 valence electrons. The molecule has 0 aliphatic rings. The van der Waals surface area contributed by atoms with Gasteiger partial charge in [0.1, 0.15) is 0 Å². The molecule has 1 unspecified atom stereocenters. The number of nitriles is 1. The Morgan fingerprint density at radius 2 is 1.81 bits per heavy atom. The van der Waals surface area contributed by atoms with Crippen molar-refractivity contribution in [2.24, 2.45) is 0 Å². The maximum absolute atomic E-state index is 12.4. The third-order valence-corrected chi connectivity index (χ3v) is 4.64. The van der Waals surface area contributed by atoms with Gasteiger partial charge < -0.3 is 0 Å². The van der Waals surface area contributed by atoms with E-state index in [9.17, 15) is 9.00 Å². The van der Waals surface area contributed by atoms with Crippen LogP contribution in [0.3, 0.4) is 0 Å². The summed E-state index contributed by atoms with van der Waals surface area (Å²) in [5, 5.41) is 8.73. The van der Waals surface area contributed by atoms with Crippen LogP contribution in [-0.2, 0) is 10.8 Å². The van der Waals surface area contributed by atoms with Crippen LogP contribution in [0.15, 0.2) is 47.4 Å². The second-order valence-corrected chi connectivity index (χ2v) is 6.29. The largest absolute Gasteiger partial charge is 0.293 e. The molecule has 0 aromatic heterocycles. The van der Waals surface area contributed by atoms with Gasteiger partial charge in [0.25, 0.3) is 0 Å². The molecule has 0 N–H and O–H groups in total. The third kappa shape index (κ3) is 3.65. The molecule has 0 heterocycles. The van der Waals surface area contributed by atoms with Gasteiger partial charge in [-0.05, 0) is 43.2 Å². The summed E-state index contributed by atoms with van der Waals surface area (Å²) in [5.41, 5.74) is 2.93. The first-order valence-corrected chi connectivity index (χ1v) is 7.82. The van der Waals surface area contributed by atoms with Gasteiger partial charge in [-0.25, -0.2) is 0 Å². The van der Waals surface area contributed by atoms with Gasteiger partial charge in [0.2, 0.25) is 0 Å². The Morgan fingerprint density at radius 1 is 1.14 bits per heavy atom. The van der Waals surface area contributed by atoms with E-state index in [1.54, 1.807) is 24.3 Å². The molecule has 0 aliphatic heterocycles. The van der Waals surface area contributed by atoms with E-state index in [4.69, 9.17) is 5.26 Å². The fraction of sp³-hybridized carbons (Fsp3) is 0.176. The van der Waals surface area contributed by atoms with E-state index in [1.807, 2.05) is 38.1 Å². The Bertz CT molecular complexity index is 742. The highest BCUT2D eigenvalue weighted by Gasteiger charge is 2.14. The molecule has 0 amide bonds. The molecule has 0 saturated heterocycles. The minimum Gasteiger partial charge on any atom is -0.293 e. The fourth-order valence-electron chi connectivity index (χ4n) is 1.96. The van der Waals surface area contributed by atoms with Gasteiger partial charge in [-0.15, -0.1) is 0 Å². The first kappa shape index (κ1) is 15.1. The molecular weight excluding hydrogens is 282 g/mol. The van der Waals surface area contributed by atoms with Crippen LogP contribution in [0.4, 0.5) is 0 Å². The third-order valence-electron chi connectivity index (χ3n) is 3.19. The zero-order chi connectivity index (χ0) is 15.4. The van der Waals surface area contributed by atoms with E-state index in [0.717, 1.165) is 11.1 Å². The quantitative estimate of drug-likeness (QED) is 0.814. The Kier molecular flexibility index (Phi) is 4.66. The van der Waals surface area contributed by atoms with Crippen molar-refractivity contribution in [1.29, 1.82) is 5.26 Å². The van der Waals surface area contributed by atoms with E-state index in [-0.39, 0.29) is 11.5 Å². The summed E-state index contributed by atoms with van der Waals surface area (Å²) in [4.78, 5) is 12.9. The highest BCUT2D eigenvalue weighted by Crippen LogP contribution is 2.16. The van der Waals surface area contributed by atoms with Gasteiger partial charge in [-0.1, -0.05) is 24.3 Å². The van der Waals surface area contributed by atoms with Crippen LogP contribution in [0.2, 0.25) is 0 Å². The average Bonchev–Trinajstić information content (AvgIpc) is 2.49. The molecule has 0 spiro atoms. The van der Waals surface area contributed by atoms with Crippen LogP contribution < -0.4 is 0 Å². The van der Waals surface area contributed by atoms with Crippen LogP contribution in [0.25, 0.3) is 0 Å². The van der Waals surface area contributed by atoms with Crippen molar-refractivity contribution in [2.45, 2.75) is 18.7 Å². The molecule has 3 nitrogen and oxygen atoms in total. The normalized spacial score (nSPS) is 11.7. The van der Waals surface area contributed by atoms with Gasteiger partial charge in [0, 0.05) is 10.5 Å². The minimum absolute atomic E-state index is 0.0454. The molecule has 21 heavy (non-hydrogen) atoms. The minimum atomic E-state index is -1.36. The molecule has 0 radical (unpaired) electrons. The number of aryl methyl sites for hydroxylation is 2. The highest BCUT2D eigenvalue weighted by atomic mass is 32.2. The van der Waals surface area contributed by atoms with Crippen LogP contribution in [0.1, 0.15) is 27.0 Å². The van der Waals surface area contributed by atoms with Crippen LogP contribution >= 0.6 is 0 Å². The number of carbonyl (C=O) groups is 1. The molecule has 1 atom stereocenters. The number of nitrogens with zero attached hydrogens (tertiary/aromatic N) is 1. The molecule has 2 aromatic carbocycles. The topological polar surface area (TPSA) is 57.9 Å². The lowest BCUT2D eigenvalue weighted by Gasteiger charge is -2.07. The highest BCUT2D eigenvalue weighted by molar-refractivity contribution is 7.85. The summed E-state index contributed by atoms with van der Waals surface area (Å²) in [7, 11) is -1.36. The number of rotatable bonds is 4. The maximum Gasteiger partial charge on any atom is 0.175 e. The Hall–Kier alpha value is -2.25. The average molecular weight is 297 g/mol. The van der Waals surface area contributed by atoms with E-state index in [2.05, 4.69) is 0 Å². The van der Waals surface area contributed by atoms with E-state index in [1.165, 1.54) is 0 Å². The first-order valence-electron chi connectivity index (χ1n) is 6.50. The molecular formula is C17H15NO2S. The van der Waals surface area contributed by atoms with Gasteiger partial charge in [-0.2, -0.15) is 5.26 Å². The van der Waals surface area contributed by atoms with E-state index < -0.39 is 10.8 Å². The van der Waals surface area contributed by atoms with Gasteiger partial charge >= 0.3 is 0 Å². The van der Waals surface area contributed by atoms with Crippen molar-refractivity contribution in [3.63, 3.8) is 0 Å². The number of benzene rings is 2. The lowest BCUT2D eigenvalue weighted by Crippen LogP contribution is -2.12. The lowest BCUT2D eigenvalue weighted by molar-refractivity contribution is 0.102. The molecule has 0 bridgehead atoms. The lowest BCUT2D eigenvalue weighted by atomic mass is 10.1. The van der Waals surface area contributed by atoms with Crippen LogP contribution in [0, 0.1) is 25.2 Å². The van der Waals surface area contributed by atoms with Crippen LogP contribution in [-0.4, -0.2) is 15.7 Å². The second-order valence-electron chi connectivity index (χ2n) is 4.87. The monoisotopic (exact) mass is 297 g/mol. The molecule has 4 heteroatoms. The summed E-state index contributed by atoms with van der Waals surface area (Å²) in [6.07, 6.45) is 0. The summed E-state index contributed by atoms with van der Waals surface area (Å²) in [6, 6.07) is 14.1. The number of hydrogen-bond donors (Lipinski definition) is 0. The van der Waals surface area contributed by atoms with Gasteiger partial charge in [0.15, 0.2) is 5.78 Å². The van der Waals surface area contributed by atoms with Crippen molar-refractivity contribution in [3.8, 4) is 6.07 Å². The summed E-state index contributed by atoms with van der Waals surface area (Å²) in [5.74, 6) is -0.227. The fourth-order valence-corrected chi connectivity index (χ4v) is 3.27. The van der Waals surface area contributed by atoms with Crippen molar-refractivity contribution in [2.75, 3.05) is 5.75 Å². The molecule has 0 fully saturated rings. The zero-order valence-corrected chi connectivity index (χ0v) is 12.7. The summed E-state index contributed by atoms with van der Waals surface area (Å²) in [6.45, 7) is 3.82. The standard InChI is InChI=1S/C17H15NO2S/c1-12-3-4-13(2)17(9-12)21(20)11-16(19)15-7-5-14(10-18)6-8-15/h3-9H,11H2,1-2H3. The zero-order valence-electron chi connectivity index (χ0n) is 11.9. The van der Waals surface area contributed by atoms with Crippen molar-refractivity contribution >= 4 is 16.6 Å². The second kappa shape index (κ2) is 6.47. The SMILES string of the molecule is Cc1ccc(C)c(S(=O)CC(=O)c2ccc(C#N)cc2)c1.